The molecule has 0 N–H and O–H groups in total. The van der Waals surface area contributed by atoms with E-state index in [2.05, 4.69) is 70.7 Å². The summed E-state index contributed by atoms with van der Waals surface area (Å²) in [5.41, 5.74) is 4.29. The summed E-state index contributed by atoms with van der Waals surface area (Å²) in [6.07, 6.45) is 12.3. The summed E-state index contributed by atoms with van der Waals surface area (Å²) in [6, 6.07) is 17.8. The van der Waals surface area contributed by atoms with Crippen molar-refractivity contribution < 1.29 is 4.79 Å². The third-order valence-corrected chi connectivity index (χ3v) is 8.43. The van der Waals surface area contributed by atoms with Gasteiger partial charge in [-0.1, -0.05) is 50.7 Å². The minimum Gasteiger partial charge on any atom is -0.372 e. The average molecular weight is 487 g/mol. The quantitative estimate of drug-likeness (QED) is 0.343. The highest BCUT2D eigenvalue weighted by Gasteiger charge is 2.33. The van der Waals surface area contributed by atoms with Gasteiger partial charge in [0.05, 0.1) is 11.0 Å². The van der Waals surface area contributed by atoms with Crippen molar-refractivity contribution in [1.29, 1.82) is 0 Å². The van der Waals surface area contributed by atoms with Crippen molar-refractivity contribution in [2.24, 2.45) is 0 Å². The Bertz CT molecular complexity index is 1120. The van der Waals surface area contributed by atoms with Crippen molar-refractivity contribution in [3.05, 3.63) is 48.5 Å². The lowest BCUT2D eigenvalue weighted by molar-refractivity contribution is -0.138. The largest absolute Gasteiger partial charge is 0.372 e. The van der Waals surface area contributed by atoms with Crippen LogP contribution in [-0.4, -0.2) is 45.5 Å². The van der Waals surface area contributed by atoms with E-state index in [-0.39, 0.29) is 5.91 Å². The lowest BCUT2D eigenvalue weighted by atomic mass is 9.88. The normalized spacial score (nSPS) is 17.4. The molecule has 1 heterocycles. The Morgan fingerprint density at radius 3 is 2.00 bits per heavy atom. The first-order valence-electron chi connectivity index (χ1n) is 14.3. The minimum absolute atomic E-state index is 0.276. The van der Waals surface area contributed by atoms with Crippen molar-refractivity contribution >= 4 is 22.6 Å². The summed E-state index contributed by atoms with van der Waals surface area (Å²) in [6.45, 7) is 6.71. The van der Waals surface area contributed by atoms with E-state index in [0.717, 1.165) is 61.2 Å². The Morgan fingerprint density at radius 2 is 1.42 bits per heavy atom. The molecule has 0 unspecified atom stereocenters. The summed E-state index contributed by atoms with van der Waals surface area (Å²) in [7, 11) is 0. The molecule has 0 atom stereocenters. The lowest BCUT2D eigenvalue weighted by Gasteiger charge is -2.42. The van der Waals surface area contributed by atoms with E-state index < -0.39 is 0 Å². The van der Waals surface area contributed by atoms with E-state index in [1.165, 1.54) is 44.2 Å². The molecule has 5 nitrogen and oxygen atoms in total. The number of hydrogen-bond acceptors (Lipinski definition) is 3. The zero-order valence-electron chi connectivity index (χ0n) is 22.2. The maximum absolute atomic E-state index is 14.1. The lowest BCUT2D eigenvalue weighted by Crippen LogP contribution is -2.50. The smallest absolute Gasteiger partial charge is 0.243 e. The molecule has 0 bridgehead atoms. The summed E-state index contributed by atoms with van der Waals surface area (Å²) in [5, 5.41) is 0. The van der Waals surface area contributed by atoms with Crippen LogP contribution in [0.5, 0.6) is 0 Å². The Hall–Kier alpha value is -2.82. The Kier molecular flexibility index (Phi) is 7.93. The molecule has 192 valence electrons. The van der Waals surface area contributed by atoms with E-state index in [9.17, 15) is 4.79 Å². The molecular formula is C31H42N4O. The molecule has 1 aromatic heterocycles. The van der Waals surface area contributed by atoms with Crippen LogP contribution in [-0.2, 0) is 11.3 Å². The number of carbonyl (C=O) groups is 1. The SMILES string of the molecule is CCN(CC)c1ccc(-c2nc3ccccc3n2CC(=O)N(C2CCCCC2)C2CCCCC2)cc1. The Labute approximate surface area is 216 Å². The summed E-state index contributed by atoms with van der Waals surface area (Å²) in [5.74, 6) is 1.17. The van der Waals surface area contributed by atoms with Crippen LogP contribution in [0.1, 0.15) is 78.1 Å². The van der Waals surface area contributed by atoms with Crippen LogP contribution in [0, 0.1) is 0 Å². The van der Waals surface area contributed by atoms with Crippen molar-refractivity contribution in [3.63, 3.8) is 0 Å². The molecule has 2 fully saturated rings. The molecule has 3 aromatic rings. The molecule has 5 rings (SSSR count). The van der Waals surface area contributed by atoms with Crippen LogP contribution >= 0.6 is 0 Å². The van der Waals surface area contributed by atoms with Crippen LogP contribution in [0.2, 0.25) is 0 Å². The third kappa shape index (κ3) is 5.16. The number of amides is 1. The zero-order valence-corrected chi connectivity index (χ0v) is 22.2. The van der Waals surface area contributed by atoms with Crippen LogP contribution < -0.4 is 4.90 Å². The number of hydrogen-bond donors (Lipinski definition) is 0. The van der Waals surface area contributed by atoms with E-state index in [4.69, 9.17) is 4.98 Å². The number of aromatic nitrogens is 2. The number of rotatable bonds is 8. The molecule has 1 amide bonds. The highest BCUT2D eigenvalue weighted by molar-refractivity contribution is 5.85. The van der Waals surface area contributed by atoms with Gasteiger partial charge in [-0.05, 0) is 75.9 Å². The molecule has 2 aliphatic rings. The van der Waals surface area contributed by atoms with Gasteiger partial charge in [-0.15, -0.1) is 0 Å². The van der Waals surface area contributed by atoms with Gasteiger partial charge in [0.15, 0.2) is 0 Å². The van der Waals surface area contributed by atoms with Crippen molar-refractivity contribution in [3.8, 4) is 11.4 Å². The standard InChI is InChI=1S/C31H42N4O/c1-3-33(4-2)25-21-19-24(20-22-25)31-32-28-17-11-12-18-29(28)34(31)23-30(36)35(26-13-7-5-8-14-26)27-15-9-6-10-16-27/h11-12,17-22,26-27H,3-10,13-16,23H2,1-2H3. The molecule has 0 radical (unpaired) electrons. The number of carbonyl (C=O) groups excluding carboxylic acids is 1. The summed E-state index contributed by atoms with van der Waals surface area (Å²) in [4.78, 5) is 23.8. The molecule has 5 heteroatoms. The first kappa shape index (κ1) is 24.9. The maximum Gasteiger partial charge on any atom is 0.243 e. The number of para-hydroxylation sites is 2. The summed E-state index contributed by atoms with van der Waals surface area (Å²) >= 11 is 0. The van der Waals surface area contributed by atoms with Crippen LogP contribution in [0.3, 0.4) is 0 Å². The fraction of sp³-hybridized carbons (Fsp3) is 0.548. The molecule has 0 aliphatic heterocycles. The topological polar surface area (TPSA) is 41.4 Å². The van der Waals surface area contributed by atoms with Gasteiger partial charge in [-0.3, -0.25) is 4.79 Å². The average Bonchev–Trinajstić information content (AvgIpc) is 3.29. The fourth-order valence-corrected chi connectivity index (χ4v) is 6.51. The molecular weight excluding hydrogens is 444 g/mol. The van der Waals surface area contributed by atoms with Crippen LogP contribution in [0.4, 0.5) is 5.69 Å². The van der Waals surface area contributed by atoms with E-state index >= 15 is 0 Å². The number of nitrogens with zero attached hydrogens (tertiary/aromatic N) is 4. The predicted octanol–water partition coefficient (Wildman–Crippen LogP) is 7.04. The van der Waals surface area contributed by atoms with Crippen molar-refractivity contribution in [2.75, 3.05) is 18.0 Å². The van der Waals surface area contributed by atoms with Crippen LogP contribution in [0.25, 0.3) is 22.4 Å². The van der Waals surface area contributed by atoms with Gasteiger partial charge in [0.2, 0.25) is 5.91 Å². The predicted molar refractivity (Wildman–Crippen MR) is 149 cm³/mol. The van der Waals surface area contributed by atoms with E-state index in [0.29, 0.717) is 18.6 Å². The van der Waals surface area contributed by atoms with Crippen molar-refractivity contribution in [1.82, 2.24) is 14.5 Å². The van der Waals surface area contributed by atoms with Gasteiger partial charge in [0, 0.05) is 36.4 Å². The molecule has 0 saturated heterocycles. The van der Waals surface area contributed by atoms with Gasteiger partial charge in [-0.2, -0.15) is 0 Å². The highest BCUT2D eigenvalue weighted by Crippen LogP contribution is 2.32. The monoisotopic (exact) mass is 486 g/mol. The molecule has 36 heavy (non-hydrogen) atoms. The molecule has 2 aromatic carbocycles. The van der Waals surface area contributed by atoms with E-state index in [1.54, 1.807) is 0 Å². The number of benzene rings is 2. The second-order valence-electron chi connectivity index (χ2n) is 10.6. The van der Waals surface area contributed by atoms with Crippen LogP contribution in [0.15, 0.2) is 48.5 Å². The first-order chi connectivity index (χ1) is 17.7. The van der Waals surface area contributed by atoms with Crippen molar-refractivity contribution in [2.45, 2.75) is 96.7 Å². The number of imidazole rings is 1. The third-order valence-electron chi connectivity index (χ3n) is 8.43. The first-order valence-corrected chi connectivity index (χ1v) is 14.3. The Morgan fingerprint density at radius 1 is 0.833 bits per heavy atom. The minimum atomic E-state index is 0.276. The second-order valence-corrected chi connectivity index (χ2v) is 10.6. The van der Waals surface area contributed by atoms with Gasteiger partial charge in [0.1, 0.15) is 12.4 Å². The molecule has 2 saturated carbocycles. The Balaban J connectivity index is 1.48. The molecule has 0 spiro atoms. The fourth-order valence-electron chi connectivity index (χ4n) is 6.51. The number of fused-ring (bicyclic) bond motifs is 1. The highest BCUT2D eigenvalue weighted by atomic mass is 16.2. The maximum atomic E-state index is 14.1. The van der Waals surface area contributed by atoms with Gasteiger partial charge in [-0.25, -0.2) is 4.98 Å². The van der Waals surface area contributed by atoms with E-state index in [1.807, 2.05) is 6.07 Å². The van der Waals surface area contributed by atoms with Gasteiger partial charge < -0.3 is 14.4 Å². The number of anilines is 1. The van der Waals surface area contributed by atoms with Gasteiger partial charge >= 0.3 is 0 Å². The molecule has 2 aliphatic carbocycles. The second kappa shape index (κ2) is 11.5. The van der Waals surface area contributed by atoms with Gasteiger partial charge in [0.25, 0.3) is 0 Å². The zero-order chi connectivity index (χ0) is 24.9. The summed E-state index contributed by atoms with van der Waals surface area (Å²) < 4.78 is 2.17.